The minimum atomic E-state index is -0.311. The van der Waals surface area contributed by atoms with E-state index in [9.17, 15) is 9.90 Å². The van der Waals surface area contributed by atoms with Gasteiger partial charge in [-0.15, -0.1) is 0 Å². The molecule has 1 amide bonds. The first-order chi connectivity index (χ1) is 11.5. The van der Waals surface area contributed by atoms with Gasteiger partial charge in [-0.05, 0) is 31.9 Å². The van der Waals surface area contributed by atoms with E-state index in [1.54, 1.807) is 4.90 Å². The molecule has 0 saturated heterocycles. The summed E-state index contributed by atoms with van der Waals surface area (Å²) in [4.78, 5) is 14.1. The number of benzene rings is 1. The second kappa shape index (κ2) is 7.05. The highest BCUT2D eigenvalue weighted by Crippen LogP contribution is 2.16. The number of nitrogens with zero attached hydrogens (tertiary/aromatic N) is 3. The van der Waals surface area contributed by atoms with E-state index in [0.29, 0.717) is 18.8 Å². The molecular weight excluding hydrogens is 306 g/mol. The standard InChI is InChI=1S/C18H23N3O3/c1-13-6-14(2)8-15(7-13)12-24-18(23)20-4-3-5-21-17(10-20)9-16(11-22)19-21/h6-9,22H,3-5,10-12H2,1-2H3. The van der Waals surface area contributed by atoms with Gasteiger partial charge in [0, 0.05) is 13.1 Å². The third kappa shape index (κ3) is 3.76. The van der Waals surface area contributed by atoms with Crippen LogP contribution in [-0.2, 0) is 31.0 Å². The number of rotatable bonds is 3. The van der Waals surface area contributed by atoms with Gasteiger partial charge in [-0.3, -0.25) is 4.68 Å². The molecule has 0 spiro atoms. The van der Waals surface area contributed by atoms with E-state index in [1.165, 1.54) is 0 Å². The van der Waals surface area contributed by atoms with Crippen molar-refractivity contribution in [1.29, 1.82) is 0 Å². The fourth-order valence-electron chi connectivity index (χ4n) is 3.14. The lowest BCUT2D eigenvalue weighted by atomic mass is 10.1. The van der Waals surface area contributed by atoms with Crippen LogP contribution in [0.1, 0.15) is 34.5 Å². The molecule has 1 N–H and O–H groups in total. The Morgan fingerprint density at radius 2 is 1.96 bits per heavy atom. The molecule has 1 aliphatic rings. The van der Waals surface area contributed by atoms with Crippen molar-refractivity contribution < 1.29 is 14.6 Å². The van der Waals surface area contributed by atoms with E-state index in [-0.39, 0.29) is 19.3 Å². The highest BCUT2D eigenvalue weighted by atomic mass is 16.6. The van der Waals surface area contributed by atoms with E-state index in [2.05, 4.69) is 11.2 Å². The summed E-state index contributed by atoms with van der Waals surface area (Å²) in [6, 6.07) is 8.01. The number of amides is 1. The molecule has 0 bridgehead atoms. The zero-order valence-corrected chi connectivity index (χ0v) is 14.2. The Morgan fingerprint density at radius 3 is 2.67 bits per heavy atom. The fourth-order valence-corrected chi connectivity index (χ4v) is 3.14. The van der Waals surface area contributed by atoms with Gasteiger partial charge in [0.15, 0.2) is 0 Å². The SMILES string of the molecule is Cc1cc(C)cc(COC(=O)N2CCCn3nc(CO)cc3C2)c1. The predicted molar refractivity (Wildman–Crippen MR) is 89.3 cm³/mol. The second-order valence-electron chi connectivity index (χ2n) is 6.33. The molecule has 1 aliphatic heterocycles. The van der Waals surface area contributed by atoms with Crippen molar-refractivity contribution in [3.8, 4) is 0 Å². The first kappa shape index (κ1) is 16.5. The number of aliphatic hydroxyl groups is 1. The number of fused-ring (bicyclic) bond motifs is 1. The maximum Gasteiger partial charge on any atom is 0.410 e. The quantitative estimate of drug-likeness (QED) is 0.939. The monoisotopic (exact) mass is 329 g/mol. The van der Waals surface area contributed by atoms with Gasteiger partial charge in [0.2, 0.25) is 0 Å². The van der Waals surface area contributed by atoms with E-state index < -0.39 is 0 Å². The van der Waals surface area contributed by atoms with Crippen molar-refractivity contribution in [2.24, 2.45) is 0 Å². The highest BCUT2D eigenvalue weighted by molar-refractivity contribution is 5.67. The van der Waals surface area contributed by atoms with Gasteiger partial charge in [0.05, 0.1) is 24.5 Å². The number of carbonyl (C=O) groups excluding carboxylic acids is 1. The van der Waals surface area contributed by atoms with Gasteiger partial charge in [-0.25, -0.2) is 4.79 Å². The Kier molecular flexibility index (Phi) is 4.85. The smallest absolute Gasteiger partial charge is 0.410 e. The third-order valence-electron chi connectivity index (χ3n) is 4.13. The van der Waals surface area contributed by atoms with E-state index in [4.69, 9.17) is 4.74 Å². The van der Waals surface area contributed by atoms with Crippen molar-refractivity contribution in [1.82, 2.24) is 14.7 Å². The summed E-state index contributed by atoms with van der Waals surface area (Å²) >= 11 is 0. The molecule has 128 valence electrons. The summed E-state index contributed by atoms with van der Waals surface area (Å²) in [5.41, 5.74) is 4.89. The van der Waals surface area contributed by atoms with Crippen LogP contribution in [-0.4, -0.2) is 32.4 Å². The lowest BCUT2D eigenvalue weighted by molar-refractivity contribution is 0.0941. The van der Waals surface area contributed by atoms with E-state index >= 15 is 0 Å². The summed E-state index contributed by atoms with van der Waals surface area (Å²) in [6.07, 6.45) is 0.507. The van der Waals surface area contributed by atoms with E-state index in [0.717, 1.165) is 35.3 Å². The van der Waals surface area contributed by atoms with Gasteiger partial charge in [0.25, 0.3) is 0 Å². The van der Waals surface area contributed by atoms with Gasteiger partial charge in [0.1, 0.15) is 6.61 Å². The molecule has 2 heterocycles. The van der Waals surface area contributed by atoms with Gasteiger partial charge in [-0.2, -0.15) is 5.10 Å². The Bertz CT molecular complexity index is 719. The summed E-state index contributed by atoms with van der Waals surface area (Å²) in [5.74, 6) is 0. The molecule has 0 atom stereocenters. The summed E-state index contributed by atoms with van der Waals surface area (Å²) in [7, 11) is 0. The molecule has 0 fully saturated rings. The van der Waals surface area contributed by atoms with Crippen LogP contribution in [0.4, 0.5) is 4.79 Å². The largest absolute Gasteiger partial charge is 0.445 e. The molecule has 24 heavy (non-hydrogen) atoms. The summed E-state index contributed by atoms with van der Waals surface area (Å²) in [5, 5.41) is 13.5. The molecule has 0 radical (unpaired) electrons. The first-order valence-corrected chi connectivity index (χ1v) is 8.20. The molecule has 1 aromatic carbocycles. The number of aryl methyl sites for hydroxylation is 3. The van der Waals surface area contributed by atoms with Crippen molar-refractivity contribution in [3.63, 3.8) is 0 Å². The minimum Gasteiger partial charge on any atom is -0.445 e. The zero-order valence-electron chi connectivity index (χ0n) is 14.2. The van der Waals surface area contributed by atoms with Crippen LogP contribution in [0, 0.1) is 13.8 Å². The van der Waals surface area contributed by atoms with Crippen molar-refractivity contribution in [2.45, 2.75) is 46.6 Å². The molecule has 2 aromatic rings. The van der Waals surface area contributed by atoms with Crippen molar-refractivity contribution in [2.75, 3.05) is 6.54 Å². The second-order valence-corrected chi connectivity index (χ2v) is 6.33. The Labute approximate surface area is 141 Å². The van der Waals surface area contributed by atoms with Crippen LogP contribution in [0.2, 0.25) is 0 Å². The molecule has 0 aliphatic carbocycles. The fraction of sp³-hybridized carbons (Fsp3) is 0.444. The zero-order chi connectivity index (χ0) is 17.1. The molecule has 3 rings (SSSR count). The predicted octanol–water partition coefficient (Wildman–Crippen LogP) is 2.53. The summed E-state index contributed by atoms with van der Waals surface area (Å²) < 4.78 is 7.35. The molecule has 1 aromatic heterocycles. The average Bonchev–Trinajstić information content (AvgIpc) is 2.82. The van der Waals surface area contributed by atoms with Gasteiger partial charge >= 0.3 is 6.09 Å². The van der Waals surface area contributed by atoms with Crippen molar-refractivity contribution >= 4 is 6.09 Å². The van der Waals surface area contributed by atoms with Gasteiger partial charge in [-0.1, -0.05) is 29.3 Å². The third-order valence-corrected chi connectivity index (χ3v) is 4.13. The highest BCUT2D eigenvalue weighted by Gasteiger charge is 2.21. The normalized spacial score (nSPS) is 14.2. The van der Waals surface area contributed by atoms with Gasteiger partial charge < -0.3 is 14.7 Å². The Morgan fingerprint density at radius 1 is 1.21 bits per heavy atom. The number of hydrogen-bond acceptors (Lipinski definition) is 4. The lowest BCUT2D eigenvalue weighted by Crippen LogP contribution is -2.31. The maximum absolute atomic E-state index is 12.4. The molecule has 6 nitrogen and oxygen atoms in total. The Balaban J connectivity index is 1.64. The van der Waals surface area contributed by atoms with Crippen molar-refractivity contribution in [3.05, 3.63) is 52.3 Å². The van der Waals surface area contributed by atoms with Crippen LogP contribution < -0.4 is 0 Å². The van der Waals surface area contributed by atoms with Crippen LogP contribution in [0.25, 0.3) is 0 Å². The maximum atomic E-state index is 12.4. The lowest BCUT2D eigenvalue weighted by Gasteiger charge is -2.19. The van der Waals surface area contributed by atoms with Crippen LogP contribution in [0.15, 0.2) is 24.3 Å². The van der Waals surface area contributed by atoms with E-state index in [1.807, 2.05) is 36.7 Å². The number of aromatic nitrogens is 2. The molecule has 0 unspecified atom stereocenters. The number of ether oxygens (including phenoxy) is 1. The number of hydrogen-bond donors (Lipinski definition) is 1. The number of carbonyl (C=O) groups is 1. The number of aliphatic hydroxyl groups excluding tert-OH is 1. The Hall–Kier alpha value is -2.34. The molecular formula is C18H23N3O3. The average molecular weight is 329 g/mol. The van der Waals surface area contributed by atoms with Crippen LogP contribution in [0.5, 0.6) is 0 Å². The van der Waals surface area contributed by atoms with Crippen LogP contribution >= 0.6 is 0 Å². The van der Waals surface area contributed by atoms with Crippen LogP contribution in [0.3, 0.4) is 0 Å². The summed E-state index contributed by atoms with van der Waals surface area (Å²) in [6.45, 7) is 6.11. The minimum absolute atomic E-state index is 0.0862. The molecule has 0 saturated carbocycles. The molecule has 6 heteroatoms. The first-order valence-electron chi connectivity index (χ1n) is 8.20. The topological polar surface area (TPSA) is 67.6 Å².